The maximum atomic E-state index is 13.1. The van der Waals surface area contributed by atoms with Gasteiger partial charge >= 0.3 is 6.03 Å². The van der Waals surface area contributed by atoms with E-state index >= 15 is 0 Å². The number of nitrogens with zero attached hydrogens (tertiary/aromatic N) is 1. The van der Waals surface area contributed by atoms with Crippen molar-refractivity contribution in [1.29, 1.82) is 0 Å². The molecule has 1 saturated heterocycles. The highest BCUT2D eigenvalue weighted by molar-refractivity contribution is 5.93. The van der Waals surface area contributed by atoms with Gasteiger partial charge in [0.15, 0.2) is 0 Å². The number of amides is 2. The number of para-hydroxylation sites is 2. The largest absolute Gasteiger partial charge is 0.378 e. The van der Waals surface area contributed by atoms with E-state index in [2.05, 4.69) is 15.5 Å². The molecule has 5 nitrogen and oxygen atoms in total. The van der Waals surface area contributed by atoms with Crippen molar-refractivity contribution in [3.8, 4) is 0 Å². The second-order valence-corrected chi connectivity index (χ2v) is 7.32. The molecule has 2 aromatic carbocycles. The topological polar surface area (TPSA) is 53.6 Å². The first-order valence-corrected chi connectivity index (χ1v) is 9.18. The molecule has 6 heteroatoms. The van der Waals surface area contributed by atoms with Crippen LogP contribution in [0.3, 0.4) is 0 Å². The molecule has 0 aliphatic carbocycles. The average molecular weight is 371 g/mol. The molecule has 2 amide bonds. The number of nitrogens with one attached hydrogen (secondary N) is 2. The molecule has 0 saturated carbocycles. The Morgan fingerprint density at radius 2 is 1.78 bits per heavy atom. The van der Waals surface area contributed by atoms with Crippen molar-refractivity contribution in [3.05, 3.63) is 59.9 Å². The predicted octanol–water partition coefficient (Wildman–Crippen LogP) is 3.76. The minimum atomic E-state index is -0.311. The van der Waals surface area contributed by atoms with Gasteiger partial charge in [0, 0.05) is 25.0 Å². The van der Waals surface area contributed by atoms with Crippen molar-refractivity contribution in [2.45, 2.75) is 19.3 Å². The van der Waals surface area contributed by atoms with Gasteiger partial charge in [-0.3, -0.25) is 0 Å². The lowest BCUT2D eigenvalue weighted by Crippen LogP contribution is -2.40. The molecule has 3 rings (SSSR count). The van der Waals surface area contributed by atoms with E-state index in [0.29, 0.717) is 19.8 Å². The maximum Gasteiger partial charge on any atom is 0.319 e. The summed E-state index contributed by atoms with van der Waals surface area (Å²) in [6.45, 7) is 7.45. The van der Waals surface area contributed by atoms with Crippen LogP contribution in [0.25, 0.3) is 0 Å². The molecule has 2 aromatic rings. The molecule has 0 spiro atoms. The van der Waals surface area contributed by atoms with Crippen molar-refractivity contribution >= 4 is 17.4 Å². The normalized spacial score (nSPS) is 14.7. The molecule has 1 aliphatic rings. The van der Waals surface area contributed by atoms with Crippen LogP contribution in [-0.4, -0.2) is 38.9 Å². The van der Waals surface area contributed by atoms with E-state index in [1.54, 1.807) is 12.1 Å². The Morgan fingerprint density at radius 1 is 1.11 bits per heavy atom. The van der Waals surface area contributed by atoms with E-state index in [4.69, 9.17) is 4.74 Å². The van der Waals surface area contributed by atoms with Crippen molar-refractivity contribution < 1.29 is 13.9 Å². The van der Waals surface area contributed by atoms with E-state index in [-0.39, 0.29) is 17.3 Å². The maximum absolute atomic E-state index is 13.1. The van der Waals surface area contributed by atoms with Gasteiger partial charge in [-0.1, -0.05) is 38.1 Å². The fourth-order valence-electron chi connectivity index (χ4n) is 3.13. The number of ether oxygens (including phenoxy) is 1. The van der Waals surface area contributed by atoms with Crippen molar-refractivity contribution in [2.24, 2.45) is 0 Å². The number of anilines is 2. The molecule has 0 bridgehead atoms. The molecule has 2 N–H and O–H groups in total. The Morgan fingerprint density at radius 3 is 2.48 bits per heavy atom. The van der Waals surface area contributed by atoms with Gasteiger partial charge in [0.25, 0.3) is 0 Å². The Balaban J connectivity index is 1.62. The van der Waals surface area contributed by atoms with Crippen LogP contribution in [0, 0.1) is 5.82 Å². The first kappa shape index (κ1) is 19.2. The van der Waals surface area contributed by atoms with Crippen LogP contribution in [-0.2, 0) is 10.2 Å². The number of hydrogen-bond donors (Lipinski definition) is 2. The number of halogens is 1. The second-order valence-electron chi connectivity index (χ2n) is 7.32. The lowest BCUT2D eigenvalue weighted by molar-refractivity contribution is 0.123. The summed E-state index contributed by atoms with van der Waals surface area (Å²) >= 11 is 0. The molecular formula is C21H26FN3O2. The highest BCUT2D eigenvalue weighted by Gasteiger charge is 2.22. The molecule has 1 fully saturated rings. The summed E-state index contributed by atoms with van der Waals surface area (Å²) in [6.07, 6.45) is 0. The lowest BCUT2D eigenvalue weighted by atomic mass is 9.84. The third kappa shape index (κ3) is 4.98. The van der Waals surface area contributed by atoms with Crippen molar-refractivity contribution in [2.75, 3.05) is 43.1 Å². The molecule has 0 radical (unpaired) electrons. The van der Waals surface area contributed by atoms with Crippen molar-refractivity contribution in [3.63, 3.8) is 0 Å². The zero-order valence-electron chi connectivity index (χ0n) is 15.8. The van der Waals surface area contributed by atoms with E-state index in [0.717, 1.165) is 30.0 Å². The van der Waals surface area contributed by atoms with Gasteiger partial charge in [-0.25, -0.2) is 9.18 Å². The summed E-state index contributed by atoms with van der Waals surface area (Å²) in [6, 6.07) is 13.9. The fraction of sp³-hybridized carbons (Fsp3) is 0.381. The van der Waals surface area contributed by atoms with Crippen LogP contribution < -0.4 is 15.5 Å². The molecule has 144 valence electrons. The van der Waals surface area contributed by atoms with Gasteiger partial charge in [-0.2, -0.15) is 0 Å². The third-order valence-electron chi connectivity index (χ3n) is 4.82. The lowest BCUT2D eigenvalue weighted by Gasteiger charge is -2.30. The van der Waals surface area contributed by atoms with Crippen LogP contribution in [0.5, 0.6) is 0 Å². The van der Waals surface area contributed by atoms with Crippen LogP contribution in [0.1, 0.15) is 19.4 Å². The highest BCUT2D eigenvalue weighted by Crippen LogP contribution is 2.26. The Bertz CT molecular complexity index is 771. The smallest absolute Gasteiger partial charge is 0.319 e. The minimum absolute atomic E-state index is 0.258. The van der Waals surface area contributed by atoms with E-state index < -0.39 is 0 Å². The molecule has 0 unspecified atom stereocenters. The minimum Gasteiger partial charge on any atom is -0.378 e. The van der Waals surface area contributed by atoms with Crippen molar-refractivity contribution in [1.82, 2.24) is 5.32 Å². The van der Waals surface area contributed by atoms with E-state index in [9.17, 15) is 9.18 Å². The first-order chi connectivity index (χ1) is 13.0. The number of benzene rings is 2. The van der Waals surface area contributed by atoms with Gasteiger partial charge in [-0.05, 0) is 29.8 Å². The molecule has 0 aromatic heterocycles. The molecular weight excluding hydrogens is 345 g/mol. The summed E-state index contributed by atoms with van der Waals surface area (Å²) in [7, 11) is 0. The zero-order valence-corrected chi connectivity index (χ0v) is 15.8. The van der Waals surface area contributed by atoms with Crippen LogP contribution in [0.15, 0.2) is 48.5 Å². The number of carbonyl (C=O) groups is 1. The fourth-order valence-corrected chi connectivity index (χ4v) is 3.13. The summed E-state index contributed by atoms with van der Waals surface area (Å²) in [5.41, 5.74) is 2.43. The standard InChI is InChI=1S/C21H26FN3O2/c1-21(2,16-7-9-17(22)10-8-16)15-23-20(26)24-18-5-3-4-6-19(18)25-11-13-27-14-12-25/h3-10H,11-15H2,1-2H3,(H2,23,24,26). The van der Waals surface area contributed by atoms with Gasteiger partial charge in [0.1, 0.15) is 5.82 Å². The summed E-state index contributed by atoms with van der Waals surface area (Å²) < 4.78 is 18.5. The number of carbonyl (C=O) groups excluding carboxylic acids is 1. The summed E-state index contributed by atoms with van der Waals surface area (Å²) in [5.74, 6) is -0.264. The molecule has 1 heterocycles. The van der Waals surface area contributed by atoms with Gasteiger partial charge in [0.2, 0.25) is 0 Å². The van der Waals surface area contributed by atoms with E-state index in [1.807, 2.05) is 38.1 Å². The highest BCUT2D eigenvalue weighted by atomic mass is 19.1. The van der Waals surface area contributed by atoms with Gasteiger partial charge in [-0.15, -0.1) is 0 Å². The quantitative estimate of drug-likeness (QED) is 0.841. The number of hydrogen-bond acceptors (Lipinski definition) is 3. The molecule has 0 atom stereocenters. The second kappa shape index (κ2) is 8.39. The Labute approximate surface area is 159 Å². The zero-order chi connectivity index (χ0) is 19.3. The SMILES string of the molecule is CC(C)(CNC(=O)Nc1ccccc1N1CCOCC1)c1ccc(F)cc1. The average Bonchev–Trinajstić information content (AvgIpc) is 2.68. The summed E-state index contributed by atoms with van der Waals surface area (Å²) in [5, 5.41) is 5.88. The van der Waals surface area contributed by atoms with Crippen LogP contribution in [0.4, 0.5) is 20.6 Å². The third-order valence-corrected chi connectivity index (χ3v) is 4.82. The molecule has 1 aliphatic heterocycles. The first-order valence-electron chi connectivity index (χ1n) is 9.18. The number of urea groups is 1. The predicted molar refractivity (Wildman–Crippen MR) is 106 cm³/mol. The Hall–Kier alpha value is -2.60. The molecule has 27 heavy (non-hydrogen) atoms. The monoisotopic (exact) mass is 371 g/mol. The summed E-state index contributed by atoms with van der Waals surface area (Å²) in [4.78, 5) is 14.7. The van der Waals surface area contributed by atoms with Crippen LogP contribution in [0.2, 0.25) is 0 Å². The van der Waals surface area contributed by atoms with Gasteiger partial charge in [0.05, 0.1) is 24.6 Å². The number of rotatable bonds is 5. The van der Waals surface area contributed by atoms with E-state index in [1.165, 1.54) is 12.1 Å². The Kier molecular flexibility index (Phi) is 5.96. The van der Waals surface area contributed by atoms with Gasteiger partial charge < -0.3 is 20.3 Å². The van der Waals surface area contributed by atoms with Crippen LogP contribution >= 0.6 is 0 Å². The number of morpholine rings is 1.